The van der Waals surface area contributed by atoms with Gasteiger partial charge in [0.05, 0.1) is 19.8 Å². The van der Waals surface area contributed by atoms with Crippen LogP contribution >= 0.6 is 0 Å². The number of likely N-dealkylation sites (N-methyl/N-ethyl adjacent to an activating group) is 1. The molecule has 1 atom stereocenters. The lowest BCUT2D eigenvalue weighted by Crippen LogP contribution is -2.53. The van der Waals surface area contributed by atoms with E-state index in [0.717, 1.165) is 0 Å². The van der Waals surface area contributed by atoms with Gasteiger partial charge >= 0.3 is 0 Å². The first-order chi connectivity index (χ1) is 12.2. The van der Waals surface area contributed by atoms with Crippen LogP contribution in [-0.2, 0) is 14.3 Å². The highest BCUT2D eigenvalue weighted by Crippen LogP contribution is 2.32. The highest BCUT2D eigenvalue weighted by molar-refractivity contribution is 5.95. The molecule has 3 rings (SSSR count). The summed E-state index contributed by atoms with van der Waals surface area (Å²) >= 11 is 0. The Balaban J connectivity index is 1.57. The van der Waals surface area contributed by atoms with Gasteiger partial charge in [-0.05, 0) is 19.1 Å². The summed E-state index contributed by atoms with van der Waals surface area (Å²) in [5, 5.41) is 5.91. The summed E-state index contributed by atoms with van der Waals surface area (Å²) in [5.41, 5.74) is 0.608. The highest BCUT2D eigenvalue weighted by Gasteiger charge is 2.26. The monoisotopic (exact) mass is 349 g/mol. The lowest BCUT2D eigenvalue weighted by Gasteiger charge is -2.29. The number of carbonyl (C=O) groups is 2. The van der Waals surface area contributed by atoms with Gasteiger partial charge in [-0.2, -0.15) is 0 Å². The predicted molar refractivity (Wildman–Crippen MR) is 90.9 cm³/mol. The Morgan fingerprint density at radius 2 is 2.04 bits per heavy atom. The van der Waals surface area contributed by atoms with Crippen molar-refractivity contribution in [1.82, 2.24) is 10.2 Å². The molecule has 2 heterocycles. The molecule has 2 amide bonds. The van der Waals surface area contributed by atoms with Gasteiger partial charge in [-0.15, -0.1) is 0 Å². The molecular formula is C17H23N3O5. The molecule has 25 heavy (non-hydrogen) atoms. The minimum atomic E-state index is -0.393. The molecule has 136 valence electrons. The number of carbonyl (C=O) groups excluding carboxylic acids is 2. The number of nitrogens with one attached hydrogen (secondary N) is 2. The summed E-state index contributed by atoms with van der Waals surface area (Å²) in [6, 6.07) is 4.84. The normalized spacial score (nSPS) is 19.2. The zero-order valence-electron chi connectivity index (χ0n) is 14.2. The summed E-state index contributed by atoms with van der Waals surface area (Å²) in [7, 11) is 0. The fourth-order valence-corrected chi connectivity index (χ4v) is 2.78. The van der Waals surface area contributed by atoms with Gasteiger partial charge in [-0.3, -0.25) is 9.59 Å². The van der Waals surface area contributed by atoms with E-state index in [9.17, 15) is 9.59 Å². The van der Waals surface area contributed by atoms with Gasteiger partial charge in [0.25, 0.3) is 0 Å². The van der Waals surface area contributed by atoms with Crippen LogP contribution in [0.3, 0.4) is 0 Å². The molecule has 8 nitrogen and oxygen atoms in total. The van der Waals surface area contributed by atoms with Crippen molar-refractivity contribution in [2.75, 3.05) is 51.4 Å². The predicted octanol–water partition coefficient (Wildman–Crippen LogP) is 0.233. The van der Waals surface area contributed by atoms with E-state index < -0.39 is 6.04 Å². The number of benzene rings is 1. The number of hydrogen-bond acceptors (Lipinski definition) is 6. The molecule has 1 aromatic rings. The fraction of sp³-hybridized carbons (Fsp3) is 0.529. The number of nitrogens with zero attached hydrogens (tertiary/aromatic N) is 1. The molecule has 0 aliphatic carbocycles. The van der Waals surface area contributed by atoms with Crippen molar-refractivity contribution in [3.63, 3.8) is 0 Å². The second-order valence-electron chi connectivity index (χ2n) is 5.84. The van der Waals surface area contributed by atoms with Crippen LogP contribution in [0.4, 0.5) is 5.69 Å². The molecule has 0 spiro atoms. The lowest BCUT2D eigenvalue weighted by atomic mass is 10.2. The molecule has 0 saturated carbocycles. The molecule has 2 aliphatic heterocycles. The first kappa shape index (κ1) is 17.5. The number of ether oxygens (including phenoxy) is 3. The van der Waals surface area contributed by atoms with Crippen LogP contribution < -0.4 is 20.1 Å². The van der Waals surface area contributed by atoms with Crippen LogP contribution in [0.15, 0.2) is 18.2 Å². The van der Waals surface area contributed by atoms with Gasteiger partial charge in [0, 0.05) is 24.8 Å². The van der Waals surface area contributed by atoms with Gasteiger partial charge in [-0.25, -0.2) is 0 Å². The third-order valence-electron chi connectivity index (χ3n) is 4.07. The minimum Gasteiger partial charge on any atom is -0.486 e. The maximum atomic E-state index is 12.5. The Bertz CT molecular complexity index is 631. The average Bonchev–Trinajstić information content (AvgIpc) is 2.66. The van der Waals surface area contributed by atoms with Crippen LogP contribution in [0.5, 0.6) is 11.5 Å². The van der Waals surface area contributed by atoms with E-state index >= 15 is 0 Å². The number of amides is 2. The van der Waals surface area contributed by atoms with Crippen molar-refractivity contribution < 1.29 is 23.8 Å². The van der Waals surface area contributed by atoms with Crippen LogP contribution in [0, 0.1) is 0 Å². The first-order valence-corrected chi connectivity index (χ1v) is 8.47. The van der Waals surface area contributed by atoms with E-state index in [0.29, 0.717) is 56.7 Å². The van der Waals surface area contributed by atoms with Gasteiger partial charge in [0.15, 0.2) is 11.5 Å². The Kier molecular flexibility index (Phi) is 5.72. The van der Waals surface area contributed by atoms with Gasteiger partial charge in [-0.1, -0.05) is 0 Å². The largest absolute Gasteiger partial charge is 0.486 e. The van der Waals surface area contributed by atoms with Crippen molar-refractivity contribution in [1.29, 1.82) is 0 Å². The quantitative estimate of drug-likeness (QED) is 0.791. The zero-order valence-corrected chi connectivity index (χ0v) is 14.2. The number of anilines is 1. The van der Waals surface area contributed by atoms with Crippen molar-refractivity contribution in [2.24, 2.45) is 0 Å². The molecule has 1 saturated heterocycles. The topological polar surface area (TPSA) is 89.1 Å². The first-order valence-electron chi connectivity index (χ1n) is 8.47. The van der Waals surface area contributed by atoms with E-state index in [1.165, 1.54) is 4.90 Å². The molecule has 1 unspecified atom stereocenters. The minimum absolute atomic E-state index is 0.0119. The summed E-state index contributed by atoms with van der Waals surface area (Å²) in [5.74, 6) is 0.886. The van der Waals surface area contributed by atoms with Crippen molar-refractivity contribution in [2.45, 2.75) is 13.0 Å². The summed E-state index contributed by atoms with van der Waals surface area (Å²) in [6.45, 7) is 4.85. The average molecular weight is 349 g/mol. The van der Waals surface area contributed by atoms with E-state index in [1.54, 1.807) is 18.2 Å². The fourth-order valence-electron chi connectivity index (χ4n) is 2.78. The Hall–Kier alpha value is -2.32. The van der Waals surface area contributed by atoms with Gasteiger partial charge < -0.3 is 29.7 Å². The van der Waals surface area contributed by atoms with Crippen LogP contribution in [0.2, 0.25) is 0 Å². The lowest BCUT2D eigenvalue weighted by molar-refractivity contribution is -0.138. The Labute approximate surface area is 146 Å². The smallest absolute Gasteiger partial charge is 0.243 e. The molecule has 1 aromatic carbocycles. The van der Waals surface area contributed by atoms with Crippen molar-refractivity contribution >= 4 is 17.5 Å². The van der Waals surface area contributed by atoms with E-state index in [1.807, 2.05) is 6.92 Å². The molecule has 0 aromatic heterocycles. The summed E-state index contributed by atoms with van der Waals surface area (Å²) < 4.78 is 16.3. The van der Waals surface area contributed by atoms with Crippen molar-refractivity contribution in [3.8, 4) is 11.5 Å². The maximum absolute atomic E-state index is 12.5. The number of rotatable bonds is 5. The zero-order chi connectivity index (χ0) is 17.6. The molecule has 2 N–H and O–H groups in total. The van der Waals surface area contributed by atoms with Gasteiger partial charge in [0.2, 0.25) is 11.8 Å². The number of fused-ring (bicyclic) bond motifs is 1. The standard InChI is InChI=1S/C17H23N3O5/c1-2-20(17(22)13-11-23-6-5-18-13)10-16(21)19-12-3-4-14-15(9-12)25-8-7-24-14/h3-4,9,13,18H,2,5-8,10-11H2,1H3,(H,19,21). The van der Waals surface area contributed by atoms with Crippen LogP contribution in [0.1, 0.15) is 6.92 Å². The molecular weight excluding hydrogens is 326 g/mol. The molecule has 8 heteroatoms. The van der Waals surface area contributed by atoms with Crippen LogP contribution in [0.25, 0.3) is 0 Å². The molecule has 0 bridgehead atoms. The summed E-state index contributed by atoms with van der Waals surface area (Å²) in [4.78, 5) is 26.3. The third-order valence-corrected chi connectivity index (χ3v) is 4.07. The van der Waals surface area contributed by atoms with E-state index in [-0.39, 0.29) is 18.4 Å². The third kappa shape index (κ3) is 4.40. The Morgan fingerprint density at radius 3 is 2.76 bits per heavy atom. The highest BCUT2D eigenvalue weighted by atomic mass is 16.6. The van der Waals surface area contributed by atoms with Crippen LogP contribution in [-0.4, -0.2) is 68.8 Å². The van der Waals surface area contributed by atoms with Gasteiger partial charge in [0.1, 0.15) is 19.3 Å². The molecule has 0 radical (unpaired) electrons. The molecule has 2 aliphatic rings. The maximum Gasteiger partial charge on any atom is 0.243 e. The van der Waals surface area contributed by atoms with E-state index in [2.05, 4.69) is 10.6 Å². The Morgan fingerprint density at radius 1 is 1.24 bits per heavy atom. The number of hydrogen-bond donors (Lipinski definition) is 2. The molecule has 1 fully saturated rings. The SMILES string of the molecule is CCN(CC(=O)Nc1ccc2c(c1)OCCO2)C(=O)C1COCCN1. The van der Waals surface area contributed by atoms with Crippen molar-refractivity contribution in [3.05, 3.63) is 18.2 Å². The van der Waals surface area contributed by atoms with E-state index in [4.69, 9.17) is 14.2 Å². The second kappa shape index (κ2) is 8.17. The number of morpholine rings is 1. The summed E-state index contributed by atoms with van der Waals surface area (Å²) in [6.07, 6.45) is 0. The second-order valence-corrected chi connectivity index (χ2v) is 5.84.